The minimum Gasteiger partial charge on any atom is -0.292 e. The lowest BCUT2D eigenvalue weighted by molar-refractivity contribution is 1.10. The number of benzene rings is 20. The predicted octanol–water partition coefficient (Wildman–Crippen LogP) is 35.3. The number of imidazole rings is 1. The first-order valence-corrected chi connectivity index (χ1v) is 48.4. The minimum absolute atomic E-state index is 0.850. The van der Waals surface area contributed by atoms with E-state index in [9.17, 15) is 0 Å². The lowest BCUT2D eigenvalue weighted by Crippen LogP contribution is -1.97. The molecule has 0 atom stereocenters. The first-order chi connectivity index (χ1) is 70.9. The van der Waals surface area contributed by atoms with Crippen molar-refractivity contribution in [2.75, 3.05) is 0 Å². The summed E-state index contributed by atoms with van der Waals surface area (Å²) in [6.07, 6.45) is 14.9. The van der Waals surface area contributed by atoms with Gasteiger partial charge in [0.1, 0.15) is 5.82 Å². The van der Waals surface area contributed by atoms with E-state index < -0.39 is 0 Å². The van der Waals surface area contributed by atoms with Gasteiger partial charge in [0.25, 0.3) is 0 Å². The van der Waals surface area contributed by atoms with E-state index in [0.29, 0.717) is 0 Å². The van der Waals surface area contributed by atoms with Gasteiger partial charge >= 0.3 is 0 Å². The van der Waals surface area contributed by atoms with Crippen molar-refractivity contribution in [3.63, 3.8) is 0 Å². The molecule has 0 saturated carbocycles. The van der Waals surface area contributed by atoms with Gasteiger partial charge < -0.3 is 0 Å². The summed E-state index contributed by atoms with van der Waals surface area (Å²) in [5.41, 5.74) is 33.7. The summed E-state index contributed by atoms with van der Waals surface area (Å²) in [7, 11) is 0. The molecule has 0 bridgehead atoms. The second-order valence-corrected chi connectivity index (χ2v) is 36.1. The second kappa shape index (κ2) is 37.7. The third-order valence-corrected chi connectivity index (χ3v) is 27.7. The summed E-state index contributed by atoms with van der Waals surface area (Å²) in [6.45, 7) is 0. The predicted molar refractivity (Wildman–Crippen MR) is 597 cm³/mol. The van der Waals surface area contributed by atoms with Crippen molar-refractivity contribution in [2.24, 2.45) is 0 Å². The highest BCUT2D eigenvalue weighted by molar-refractivity contribution is 6.26. The van der Waals surface area contributed by atoms with E-state index in [-0.39, 0.29) is 0 Å². The molecule has 0 amide bonds. The van der Waals surface area contributed by atoms with Crippen molar-refractivity contribution in [1.82, 2.24) is 39.5 Å². The van der Waals surface area contributed by atoms with Gasteiger partial charge in [-0.25, -0.2) is 4.98 Å². The third kappa shape index (κ3) is 16.5. The van der Waals surface area contributed by atoms with Crippen LogP contribution in [0.3, 0.4) is 0 Å². The van der Waals surface area contributed by atoms with Gasteiger partial charge in [0.15, 0.2) is 0 Å². The number of pyridine rings is 6. The summed E-state index contributed by atoms with van der Waals surface area (Å²) in [5, 5.41) is 19.5. The normalized spacial score (nSPS) is 11.4. The highest BCUT2D eigenvalue weighted by Gasteiger charge is 2.25. The van der Waals surface area contributed by atoms with Crippen LogP contribution in [-0.4, -0.2) is 39.5 Å². The van der Waals surface area contributed by atoms with Gasteiger partial charge in [0, 0.05) is 77.5 Å². The van der Waals surface area contributed by atoms with Crippen LogP contribution in [-0.2, 0) is 0 Å². The molecular formula is C135H88N8. The summed E-state index contributed by atoms with van der Waals surface area (Å²) in [5.74, 6) is 0.933. The molecule has 0 aliphatic rings. The SMILES string of the molecule is c1ccc(-c2ccc3c(-c4ccc(-c5ccccn5)nc4)c4ccccc4c(-c4ccc(-c5ccccn5)cn4)c3c2)cc1.c1ccc(-c2ccc3c(-c4cccc(-c5ccncc5)c4)c4ccccc4c(-c4cccc(-c5ccncc5)c4)c3c2)cc1.c1ccc(-n2c(-c3ccc(-c4ccc5c(-c6ccc7ccccc7c6)c6ccccc6c(-c6ccc7ccccc7c6)c5c4)cc3)nc3ccccc32)cc1. The Morgan fingerprint density at radius 3 is 0.951 bits per heavy atom. The van der Waals surface area contributed by atoms with Gasteiger partial charge in [-0.05, 0) is 325 Å². The minimum atomic E-state index is 0.850. The van der Waals surface area contributed by atoms with Crippen molar-refractivity contribution in [2.45, 2.75) is 0 Å². The summed E-state index contributed by atoms with van der Waals surface area (Å²) in [4.78, 5) is 32.4. The van der Waals surface area contributed by atoms with Crippen molar-refractivity contribution in [3.8, 4) is 162 Å². The molecule has 143 heavy (non-hydrogen) atoms. The van der Waals surface area contributed by atoms with Crippen LogP contribution < -0.4 is 0 Å². The highest BCUT2D eigenvalue weighted by Crippen LogP contribution is 2.51. The molecule has 0 fully saturated rings. The fourth-order valence-electron chi connectivity index (χ4n) is 21.0. The Morgan fingerprint density at radius 2 is 0.476 bits per heavy atom. The largest absolute Gasteiger partial charge is 0.292 e. The molecule has 27 rings (SSSR count). The monoisotopic (exact) mass is 1820 g/mol. The second-order valence-electron chi connectivity index (χ2n) is 36.1. The van der Waals surface area contributed by atoms with Gasteiger partial charge in [-0.1, -0.05) is 352 Å². The van der Waals surface area contributed by atoms with E-state index in [1.807, 2.05) is 79.8 Å². The Labute approximate surface area is 828 Å². The number of hydrogen-bond acceptors (Lipinski definition) is 7. The van der Waals surface area contributed by atoms with Crippen LogP contribution in [0.4, 0.5) is 0 Å². The lowest BCUT2D eigenvalue weighted by atomic mass is 9.84. The van der Waals surface area contributed by atoms with E-state index in [4.69, 9.17) is 15.0 Å². The van der Waals surface area contributed by atoms with Gasteiger partial charge in [-0.3, -0.25) is 34.5 Å². The zero-order valence-corrected chi connectivity index (χ0v) is 77.9. The Bertz CT molecular complexity index is 9460. The fourth-order valence-corrected chi connectivity index (χ4v) is 21.0. The molecule has 0 aliphatic heterocycles. The first-order valence-electron chi connectivity index (χ1n) is 48.4. The van der Waals surface area contributed by atoms with Crippen molar-refractivity contribution in [3.05, 3.63) is 535 Å². The molecule has 0 radical (unpaired) electrons. The number of hydrogen-bond donors (Lipinski definition) is 0. The van der Waals surface area contributed by atoms with Crippen LogP contribution in [0.5, 0.6) is 0 Å². The van der Waals surface area contributed by atoms with Crippen LogP contribution in [0.25, 0.3) is 259 Å². The van der Waals surface area contributed by atoms with Crippen molar-refractivity contribution >= 4 is 97.2 Å². The number of aromatic nitrogens is 8. The van der Waals surface area contributed by atoms with Gasteiger partial charge in [0.05, 0.1) is 33.8 Å². The molecule has 668 valence electrons. The average Bonchev–Trinajstić information content (AvgIpc) is 1.12. The molecule has 8 nitrogen and oxygen atoms in total. The van der Waals surface area contributed by atoms with Crippen LogP contribution in [0.15, 0.2) is 535 Å². The van der Waals surface area contributed by atoms with Crippen molar-refractivity contribution in [1.29, 1.82) is 0 Å². The summed E-state index contributed by atoms with van der Waals surface area (Å²) < 4.78 is 2.26. The number of para-hydroxylation sites is 3. The quantitative estimate of drug-likeness (QED) is 0.0944. The number of nitrogens with zero attached hydrogens (tertiary/aromatic N) is 8. The average molecular weight is 1820 g/mol. The van der Waals surface area contributed by atoms with E-state index in [2.05, 4.69) is 473 Å². The van der Waals surface area contributed by atoms with Gasteiger partial charge in [-0.15, -0.1) is 0 Å². The van der Waals surface area contributed by atoms with E-state index in [1.54, 1.807) is 6.20 Å². The molecule has 0 aliphatic carbocycles. The number of fused-ring (bicyclic) bond motifs is 9. The molecule has 0 unspecified atom stereocenters. The zero-order chi connectivity index (χ0) is 94.9. The Morgan fingerprint density at radius 1 is 0.154 bits per heavy atom. The molecule has 27 aromatic rings. The van der Waals surface area contributed by atoms with Gasteiger partial charge in [-0.2, -0.15) is 0 Å². The first kappa shape index (κ1) is 85.5. The van der Waals surface area contributed by atoms with Crippen LogP contribution in [0, 0.1) is 0 Å². The zero-order valence-electron chi connectivity index (χ0n) is 77.9. The lowest BCUT2D eigenvalue weighted by Gasteiger charge is -2.19. The van der Waals surface area contributed by atoms with E-state index >= 15 is 0 Å². The smallest absolute Gasteiger partial charge is 0.145 e. The highest BCUT2D eigenvalue weighted by atomic mass is 15.1. The summed E-state index contributed by atoms with van der Waals surface area (Å²) >= 11 is 0. The molecular weight excluding hydrogens is 1730 g/mol. The van der Waals surface area contributed by atoms with Crippen LogP contribution >= 0.6 is 0 Å². The maximum atomic E-state index is 5.12. The standard InChI is InChI=1S/C53H34N2.C42H28N2.C40H26N4/c1-2-16-44(17-3-1)55-50-21-11-10-20-49(50)54-53(55)38-26-22-37(23-27-38)41-30-31-47-48(34-41)52(43-29-25-36-13-5-7-15-40(36)33-43)46-19-9-8-18-45(46)51(47)42-28-24-35-12-4-6-14-39(35)32-42;1-2-8-29(9-3-1)34-16-17-39-40(28-34)42(36-13-7-11-33(27-36)31-20-24-44-25-21-31)38-15-5-4-14-37(38)41(39)35-12-6-10-32(26-35)30-18-22-43-23-19-30;1-2-10-27(11-3-1)28-16-19-33-34(24-28)40(38-21-17-29(25-44-38)35-14-6-8-22-41-35)32-13-5-4-12-31(32)39(33)30-18-20-37(43-26-30)36-15-7-9-23-42-36/h1-34H;1-28H;1-26H. The molecule has 8 heteroatoms. The van der Waals surface area contributed by atoms with Crippen LogP contribution in [0.1, 0.15) is 0 Å². The van der Waals surface area contributed by atoms with Crippen molar-refractivity contribution < 1.29 is 0 Å². The molecule has 0 saturated heterocycles. The maximum absolute atomic E-state index is 5.12. The molecule has 7 aromatic heterocycles. The van der Waals surface area contributed by atoms with E-state index in [0.717, 1.165) is 117 Å². The van der Waals surface area contributed by atoms with E-state index in [1.165, 1.54) is 143 Å². The summed E-state index contributed by atoms with van der Waals surface area (Å²) in [6, 6.07) is 174. The topological polar surface area (TPSA) is 95.2 Å². The third-order valence-electron chi connectivity index (χ3n) is 27.7. The molecule has 0 N–H and O–H groups in total. The Balaban J connectivity index is 0.000000114. The Kier molecular flexibility index (Phi) is 22.6. The number of rotatable bonds is 15. The van der Waals surface area contributed by atoms with Crippen LogP contribution in [0.2, 0.25) is 0 Å². The molecule has 20 aromatic carbocycles. The van der Waals surface area contributed by atoms with Gasteiger partial charge in [0.2, 0.25) is 0 Å². The molecule has 7 heterocycles. The maximum Gasteiger partial charge on any atom is 0.145 e. The fraction of sp³-hybridized carbons (Fsp3) is 0. The Hall–Kier alpha value is -19.2. The molecule has 0 spiro atoms.